The van der Waals surface area contributed by atoms with Crippen molar-refractivity contribution in [1.82, 2.24) is 10.3 Å². The van der Waals surface area contributed by atoms with E-state index in [-0.39, 0.29) is 16.8 Å². The van der Waals surface area contributed by atoms with E-state index in [1.165, 1.54) is 23.5 Å². The summed E-state index contributed by atoms with van der Waals surface area (Å²) in [7, 11) is 0. The van der Waals surface area contributed by atoms with Gasteiger partial charge < -0.3 is 5.32 Å². The molecule has 4 nitrogen and oxygen atoms in total. The number of thiazole rings is 1. The molecule has 23 heavy (non-hydrogen) atoms. The van der Waals surface area contributed by atoms with Crippen LogP contribution >= 0.6 is 39.5 Å². The molecule has 2 N–H and O–H groups in total. The predicted octanol–water partition coefficient (Wildman–Crippen LogP) is 4.32. The lowest BCUT2D eigenvalue weighted by atomic mass is 10.2. The summed E-state index contributed by atoms with van der Waals surface area (Å²) in [5.74, 6) is -0.644. The average molecular weight is 410 g/mol. The Hall–Kier alpha value is -1.90. The summed E-state index contributed by atoms with van der Waals surface area (Å²) in [5.41, 5.74) is 1.15. The van der Waals surface area contributed by atoms with Gasteiger partial charge in [0.1, 0.15) is 5.82 Å². The molecule has 0 aliphatic rings. The van der Waals surface area contributed by atoms with Crippen molar-refractivity contribution in [2.24, 2.45) is 0 Å². The van der Waals surface area contributed by atoms with Gasteiger partial charge in [-0.3, -0.25) is 10.1 Å². The van der Waals surface area contributed by atoms with E-state index in [9.17, 15) is 9.18 Å². The summed E-state index contributed by atoms with van der Waals surface area (Å²) < 4.78 is 14.7. The lowest BCUT2D eigenvalue weighted by Crippen LogP contribution is -2.34. The predicted molar refractivity (Wildman–Crippen MR) is 97.4 cm³/mol. The number of hydrogen-bond acceptors (Lipinski definition) is 4. The number of halogens is 2. The first kappa shape index (κ1) is 16.0. The number of thiocarbonyl (C=S) groups is 1. The van der Waals surface area contributed by atoms with Crippen molar-refractivity contribution >= 4 is 65.9 Å². The first-order valence-electron chi connectivity index (χ1n) is 6.45. The van der Waals surface area contributed by atoms with E-state index >= 15 is 0 Å². The molecule has 0 saturated heterocycles. The summed E-state index contributed by atoms with van der Waals surface area (Å²) in [6, 6.07) is 11.3. The second kappa shape index (κ2) is 6.69. The van der Waals surface area contributed by atoms with Crippen LogP contribution in [-0.4, -0.2) is 16.0 Å². The van der Waals surface area contributed by atoms with Crippen molar-refractivity contribution in [3.05, 3.63) is 58.3 Å². The average Bonchev–Trinajstić information content (AvgIpc) is 2.88. The molecule has 116 valence electrons. The molecule has 1 amide bonds. The van der Waals surface area contributed by atoms with E-state index in [0.29, 0.717) is 20.9 Å². The minimum absolute atomic E-state index is 0.134. The van der Waals surface area contributed by atoms with Crippen molar-refractivity contribution < 1.29 is 9.18 Å². The molecule has 1 aromatic heterocycles. The molecule has 0 atom stereocenters. The van der Waals surface area contributed by atoms with Crippen LogP contribution in [0.25, 0.3) is 10.2 Å². The minimum atomic E-state index is -0.323. The molecule has 0 aliphatic carbocycles. The normalized spacial score (nSPS) is 10.5. The molecule has 1 heterocycles. The molecular formula is C15H9BrFN3OS2. The van der Waals surface area contributed by atoms with Gasteiger partial charge in [-0.05, 0) is 48.6 Å². The number of benzene rings is 2. The van der Waals surface area contributed by atoms with Crippen LogP contribution in [-0.2, 0) is 0 Å². The Morgan fingerprint density at radius 1 is 1.26 bits per heavy atom. The van der Waals surface area contributed by atoms with Gasteiger partial charge in [-0.25, -0.2) is 9.37 Å². The lowest BCUT2D eigenvalue weighted by Gasteiger charge is -2.07. The first-order chi connectivity index (χ1) is 11.0. The van der Waals surface area contributed by atoms with Gasteiger partial charge in [0.25, 0.3) is 5.91 Å². The number of rotatable bonds is 2. The van der Waals surface area contributed by atoms with Crippen LogP contribution in [0.5, 0.6) is 0 Å². The summed E-state index contributed by atoms with van der Waals surface area (Å²) in [6.45, 7) is 0. The van der Waals surface area contributed by atoms with Gasteiger partial charge in [-0.15, -0.1) is 0 Å². The number of carbonyl (C=O) groups is 1. The SMILES string of the molecule is O=C(NC(=S)Nc1nc2ccc(F)cc2s1)c1cccc(Br)c1. The first-order valence-corrected chi connectivity index (χ1v) is 8.47. The third-order valence-corrected chi connectivity index (χ3v) is 4.52. The fourth-order valence-corrected chi connectivity index (χ4v) is 3.43. The number of hydrogen-bond donors (Lipinski definition) is 2. The van der Waals surface area contributed by atoms with Gasteiger partial charge in [0.05, 0.1) is 10.2 Å². The second-order valence-corrected chi connectivity index (χ2v) is 6.90. The topological polar surface area (TPSA) is 54.0 Å². The van der Waals surface area contributed by atoms with Crippen LogP contribution in [0.15, 0.2) is 46.9 Å². The molecule has 0 saturated carbocycles. The monoisotopic (exact) mass is 409 g/mol. The van der Waals surface area contributed by atoms with E-state index in [0.717, 1.165) is 4.47 Å². The fraction of sp³-hybridized carbons (Fsp3) is 0. The molecule has 0 fully saturated rings. The van der Waals surface area contributed by atoms with Crippen LogP contribution in [0.3, 0.4) is 0 Å². The molecular weight excluding hydrogens is 401 g/mol. The molecule has 2 aromatic carbocycles. The van der Waals surface area contributed by atoms with Crippen LogP contribution in [0.4, 0.5) is 9.52 Å². The standard InChI is InChI=1S/C15H9BrFN3OS2/c16-9-3-1-2-8(6-9)13(21)19-14(22)20-15-18-11-5-4-10(17)7-12(11)23-15/h1-7H,(H2,18,19,20,21,22). The van der Waals surface area contributed by atoms with E-state index < -0.39 is 0 Å². The third kappa shape index (κ3) is 3.90. The van der Waals surface area contributed by atoms with E-state index in [1.807, 2.05) is 6.07 Å². The molecule has 3 aromatic rings. The van der Waals surface area contributed by atoms with Crippen molar-refractivity contribution in [2.75, 3.05) is 5.32 Å². The number of anilines is 1. The molecule has 0 unspecified atom stereocenters. The van der Waals surface area contributed by atoms with Gasteiger partial charge in [0.2, 0.25) is 0 Å². The highest BCUT2D eigenvalue weighted by Gasteiger charge is 2.10. The maximum absolute atomic E-state index is 13.2. The van der Waals surface area contributed by atoms with E-state index in [4.69, 9.17) is 12.2 Å². The van der Waals surface area contributed by atoms with Crippen molar-refractivity contribution in [1.29, 1.82) is 0 Å². The zero-order chi connectivity index (χ0) is 16.4. The smallest absolute Gasteiger partial charge is 0.257 e. The Morgan fingerprint density at radius 2 is 2.09 bits per heavy atom. The molecule has 0 spiro atoms. The number of nitrogens with one attached hydrogen (secondary N) is 2. The molecule has 0 radical (unpaired) electrons. The molecule has 3 rings (SSSR count). The molecule has 0 aliphatic heterocycles. The van der Waals surface area contributed by atoms with Crippen LogP contribution < -0.4 is 10.6 Å². The maximum atomic E-state index is 13.2. The number of amides is 1. The number of carbonyl (C=O) groups excluding carboxylic acids is 1. The molecule has 8 heteroatoms. The summed E-state index contributed by atoms with van der Waals surface area (Å²) in [5, 5.41) is 6.04. The van der Waals surface area contributed by atoms with Gasteiger partial charge in [-0.1, -0.05) is 33.3 Å². The fourth-order valence-electron chi connectivity index (χ4n) is 1.89. The Bertz CT molecular complexity index is 913. The molecule has 0 bridgehead atoms. The summed E-state index contributed by atoms with van der Waals surface area (Å²) in [6.07, 6.45) is 0. The quantitative estimate of drug-likeness (QED) is 0.618. The van der Waals surface area contributed by atoms with Gasteiger partial charge >= 0.3 is 0 Å². The van der Waals surface area contributed by atoms with Gasteiger partial charge in [-0.2, -0.15) is 0 Å². The lowest BCUT2D eigenvalue weighted by molar-refractivity contribution is 0.0977. The Balaban J connectivity index is 1.69. The number of fused-ring (bicyclic) bond motifs is 1. The number of aromatic nitrogens is 1. The maximum Gasteiger partial charge on any atom is 0.257 e. The summed E-state index contributed by atoms with van der Waals surface area (Å²) >= 11 is 9.68. The third-order valence-electron chi connectivity index (χ3n) is 2.88. The minimum Gasteiger partial charge on any atom is -0.308 e. The van der Waals surface area contributed by atoms with Gasteiger partial charge in [0, 0.05) is 10.0 Å². The van der Waals surface area contributed by atoms with E-state index in [2.05, 4.69) is 31.5 Å². The van der Waals surface area contributed by atoms with Crippen molar-refractivity contribution in [3.63, 3.8) is 0 Å². The Kier molecular flexibility index (Phi) is 4.65. The Labute approximate surface area is 148 Å². The zero-order valence-corrected chi connectivity index (χ0v) is 14.7. The highest BCUT2D eigenvalue weighted by atomic mass is 79.9. The van der Waals surface area contributed by atoms with E-state index in [1.54, 1.807) is 24.3 Å². The highest BCUT2D eigenvalue weighted by molar-refractivity contribution is 9.10. The highest BCUT2D eigenvalue weighted by Crippen LogP contribution is 2.26. The largest absolute Gasteiger partial charge is 0.308 e. The Morgan fingerprint density at radius 3 is 2.87 bits per heavy atom. The second-order valence-electron chi connectivity index (χ2n) is 4.55. The zero-order valence-electron chi connectivity index (χ0n) is 11.5. The van der Waals surface area contributed by atoms with Crippen molar-refractivity contribution in [3.8, 4) is 0 Å². The van der Waals surface area contributed by atoms with Crippen LogP contribution in [0.1, 0.15) is 10.4 Å². The number of nitrogens with zero attached hydrogens (tertiary/aromatic N) is 1. The summed E-state index contributed by atoms with van der Waals surface area (Å²) in [4.78, 5) is 16.4. The van der Waals surface area contributed by atoms with Crippen LogP contribution in [0, 0.1) is 5.82 Å². The van der Waals surface area contributed by atoms with Gasteiger partial charge in [0.15, 0.2) is 10.2 Å². The van der Waals surface area contributed by atoms with Crippen LogP contribution in [0.2, 0.25) is 0 Å². The van der Waals surface area contributed by atoms with Crippen molar-refractivity contribution in [2.45, 2.75) is 0 Å².